The Balaban J connectivity index is 1.63. The first-order valence-corrected chi connectivity index (χ1v) is 34.3. The van der Waals surface area contributed by atoms with Crippen LogP contribution in [-0.4, -0.2) is 229 Å². The highest BCUT2D eigenvalue weighted by Crippen LogP contribution is 2.31. The SMILES string of the molecule is CC[C@H](C)[C@@H]([C@@H](CC(=O)N1CCC[C@H]1[C@H](OC)[C@@H](C)C(=O)N[C@H](C)[C@@H](O)c1ccccc1)OC)N(C)C(=O)[C@@H](NC(=O)[C@H](C(C)C)N(C)C(=O)OCc1ccc(NC(=O)[C@H](CCCNC(N)=O)NC(=O)[C@@H](NC(=O)CCOCCOCCOCCOCCN=[N+]=[N-])C(C)C)cc1)C(C)C. The fraction of sp³-hybridized carbons (Fsp3) is 0.696. The van der Waals surface area contributed by atoms with Crippen LogP contribution in [0.5, 0.6) is 0 Å². The molecule has 1 aliphatic rings. The Bertz CT molecular complexity index is 2850. The molecule has 3 rings (SSSR count). The van der Waals surface area contributed by atoms with Gasteiger partial charge in [0.25, 0.3) is 0 Å². The summed E-state index contributed by atoms with van der Waals surface area (Å²) in [5, 5.41) is 31.0. The summed E-state index contributed by atoms with van der Waals surface area (Å²) in [7, 11) is 6.08. The predicted octanol–water partition coefficient (Wildman–Crippen LogP) is 5.36. The van der Waals surface area contributed by atoms with E-state index in [0.717, 1.165) is 0 Å². The Labute approximate surface area is 583 Å². The van der Waals surface area contributed by atoms with Gasteiger partial charge in [-0.05, 0) is 85.1 Å². The number of amides is 10. The number of anilines is 1. The van der Waals surface area contributed by atoms with Gasteiger partial charge in [-0.2, -0.15) is 0 Å². The van der Waals surface area contributed by atoms with Gasteiger partial charge < -0.3 is 85.7 Å². The van der Waals surface area contributed by atoms with E-state index < -0.39 is 120 Å². The van der Waals surface area contributed by atoms with E-state index in [2.05, 4.69) is 41.9 Å². The summed E-state index contributed by atoms with van der Waals surface area (Å²) in [6.07, 6.45) is -1.13. The minimum Gasteiger partial charge on any atom is -0.445 e. The van der Waals surface area contributed by atoms with Crippen molar-refractivity contribution in [1.82, 2.24) is 41.3 Å². The molecule has 2 aromatic carbocycles. The Morgan fingerprint density at radius 3 is 1.88 bits per heavy atom. The van der Waals surface area contributed by atoms with E-state index in [4.69, 9.17) is 44.4 Å². The molecule has 1 heterocycles. The number of nitrogens with two attached hydrogens (primary N) is 1. The van der Waals surface area contributed by atoms with Gasteiger partial charge in [-0.25, -0.2) is 9.59 Å². The number of likely N-dealkylation sites (tertiary alicyclic amines) is 1. The van der Waals surface area contributed by atoms with Crippen molar-refractivity contribution in [2.45, 2.75) is 181 Å². The number of nitrogens with one attached hydrogen (secondary N) is 6. The molecule has 0 bridgehead atoms. The Hall–Kier alpha value is -7.70. The van der Waals surface area contributed by atoms with Crippen molar-refractivity contribution in [3.8, 4) is 0 Å². The number of ether oxygens (including phenoxy) is 7. The fourth-order valence-corrected chi connectivity index (χ4v) is 11.8. The average molecular weight is 1400 g/mol. The quantitative estimate of drug-likeness (QED) is 0.0179. The van der Waals surface area contributed by atoms with E-state index in [0.29, 0.717) is 75.7 Å². The van der Waals surface area contributed by atoms with Gasteiger partial charge in [0.15, 0.2) is 0 Å². The fourth-order valence-electron chi connectivity index (χ4n) is 11.8. The topological polar surface area (TPSA) is 395 Å². The number of aliphatic hydroxyl groups excluding tert-OH is 1. The maximum atomic E-state index is 14.8. The van der Waals surface area contributed by atoms with Crippen LogP contribution < -0.4 is 37.6 Å². The highest BCUT2D eigenvalue weighted by atomic mass is 16.6. The summed E-state index contributed by atoms with van der Waals surface area (Å²) in [4.78, 5) is 130. The molecule has 0 saturated carbocycles. The molecule has 9 N–H and O–H groups in total. The van der Waals surface area contributed by atoms with Crippen LogP contribution in [0.3, 0.4) is 0 Å². The summed E-state index contributed by atoms with van der Waals surface area (Å²) < 4.78 is 39.4. The van der Waals surface area contributed by atoms with Crippen LogP contribution in [0.4, 0.5) is 15.3 Å². The molecule has 0 unspecified atom stereocenters. The van der Waals surface area contributed by atoms with Crippen LogP contribution in [-0.2, 0) is 73.3 Å². The molecule has 556 valence electrons. The average Bonchev–Trinajstić information content (AvgIpc) is 1.76. The number of likely N-dealkylation sites (N-methyl/N-ethyl adjacent to an activating group) is 2. The van der Waals surface area contributed by atoms with E-state index in [1.165, 1.54) is 26.2 Å². The van der Waals surface area contributed by atoms with Crippen LogP contribution in [0.2, 0.25) is 0 Å². The van der Waals surface area contributed by atoms with Gasteiger partial charge in [-0.1, -0.05) is 116 Å². The summed E-state index contributed by atoms with van der Waals surface area (Å²) in [6.45, 7) is 20.8. The van der Waals surface area contributed by atoms with E-state index >= 15 is 0 Å². The number of rotatable bonds is 47. The lowest BCUT2D eigenvalue weighted by Gasteiger charge is -2.41. The number of aliphatic hydroxyl groups is 1. The number of hydrogen-bond donors (Lipinski definition) is 8. The van der Waals surface area contributed by atoms with Gasteiger partial charge in [0.2, 0.25) is 41.4 Å². The molecular weight excluding hydrogens is 1280 g/mol. The second-order valence-corrected chi connectivity index (χ2v) is 26.0. The number of azide groups is 1. The van der Waals surface area contributed by atoms with Crippen LogP contribution in [0.15, 0.2) is 59.7 Å². The Kier molecular flexibility index (Phi) is 39.6. The number of carbonyl (C=O) groups excluding carboxylic acids is 9. The molecule has 0 aromatic heterocycles. The lowest BCUT2D eigenvalue weighted by atomic mass is 9.89. The highest BCUT2D eigenvalue weighted by Gasteiger charge is 2.44. The largest absolute Gasteiger partial charge is 0.445 e. The summed E-state index contributed by atoms with van der Waals surface area (Å²) in [6, 6.07) is 8.73. The number of hydrogen-bond acceptors (Lipinski definition) is 18. The van der Waals surface area contributed by atoms with E-state index in [-0.39, 0.29) is 88.9 Å². The molecule has 0 spiro atoms. The number of primary amides is 1. The molecule has 1 fully saturated rings. The molecule has 0 aliphatic carbocycles. The third-order valence-corrected chi connectivity index (χ3v) is 17.5. The second-order valence-electron chi connectivity index (χ2n) is 26.0. The van der Waals surface area contributed by atoms with Gasteiger partial charge in [-0.3, -0.25) is 38.5 Å². The predicted molar refractivity (Wildman–Crippen MR) is 371 cm³/mol. The Morgan fingerprint density at radius 1 is 0.717 bits per heavy atom. The van der Waals surface area contributed by atoms with Crippen molar-refractivity contribution in [2.75, 3.05) is 106 Å². The summed E-state index contributed by atoms with van der Waals surface area (Å²) in [5.74, 6) is -5.35. The lowest BCUT2D eigenvalue weighted by Crippen LogP contribution is -2.60. The molecule has 12 atom stereocenters. The molecule has 10 amide bonds. The molecule has 99 heavy (non-hydrogen) atoms. The number of carbonyl (C=O) groups is 9. The lowest BCUT2D eigenvalue weighted by molar-refractivity contribution is -0.148. The third-order valence-electron chi connectivity index (χ3n) is 17.5. The normalized spacial score (nSPS) is 16.3. The molecular formula is C69H113N13O17. The van der Waals surface area contributed by atoms with Crippen molar-refractivity contribution in [3.05, 3.63) is 76.2 Å². The summed E-state index contributed by atoms with van der Waals surface area (Å²) >= 11 is 0. The standard InChI is InChI=1S/C69H113N13O17/c1-15-46(8)60(54(93-13)41-56(84)82-32-20-24-53(82)62(94-14)47(9)63(86)74-48(10)61(85)50-21-17-16-18-22-50)80(11)67(90)58(44(4)5)78-66(89)59(45(6)7)81(12)69(92)99-42-49-25-27-51(28-26-49)75-64(87)52(23-19-30-72-68(70)91)76-65(88)57(43(2)3)77-55(83)29-33-95-35-37-97-39-40-98-38-36-96-34-31-73-79-71/h16-18,21-22,25-28,43-48,52-54,57-62,85H,15,19-20,23-24,29-42H2,1-14H3,(H,74,86)(H,75,87)(H,76,88)(H,77,83)(H,78,89)(H3,70,72,91)/t46-,47+,48+,52-,53-,54+,57-,58-,59-,60-,61+,62+/m0/s1. The van der Waals surface area contributed by atoms with Crippen LogP contribution in [0.1, 0.15) is 131 Å². The summed E-state index contributed by atoms with van der Waals surface area (Å²) in [5.41, 5.74) is 15.1. The first kappa shape index (κ1) is 85.5. The van der Waals surface area contributed by atoms with Crippen LogP contribution in [0.25, 0.3) is 10.4 Å². The zero-order valence-electron chi connectivity index (χ0n) is 60.5. The molecule has 0 radical (unpaired) electrons. The van der Waals surface area contributed by atoms with Crippen LogP contribution in [0, 0.1) is 29.6 Å². The molecule has 30 nitrogen and oxygen atoms in total. The second kappa shape index (κ2) is 45.9. The minimum atomic E-state index is -1.12. The first-order chi connectivity index (χ1) is 47.1. The maximum Gasteiger partial charge on any atom is 0.410 e. The highest BCUT2D eigenvalue weighted by molar-refractivity contribution is 5.98. The smallest absolute Gasteiger partial charge is 0.410 e. The Morgan fingerprint density at radius 2 is 1.32 bits per heavy atom. The van der Waals surface area contributed by atoms with Crippen molar-refractivity contribution in [2.24, 2.45) is 40.4 Å². The van der Waals surface area contributed by atoms with Crippen molar-refractivity contribution in [1.29, 1.82) is 0 Å². The molecule has 1 aliphatic heterocycles. The minimum absolute atomic E-state index is 0.0504. The third kappa shape index (κ3) is 29.2. The van der Waals surface area contributed by atoms with Crippen molar-refractivity contribution < 1.29 is 81.4 Å². The first-order valence-electron chi connectivity index (χ1n) is 34.3. The number of urea groups is 1. The zero-order chi connectivity index (χ0) is 73.7. The number of benzene rings is 2. The monoisotopic (exact) mass is 1400 g/mol. The molecule has 30 heteroatoms. The van der Waals surface area contributed by atoms with Gasteiger partial charge in [0.1, 0.15) is 30.8 Å². The van der Waals surface area contributed by atoms with Crippen LogP contribution >= 0.6 is 0 Å². The van der Waals surface area contributed by atoms with E-state index in [1.54, 1.807) is 109 Å². The van der Waals surface area contributed by atoms with Gasteiger partial charge in [0, 0.05) is 65.0 Å². The van der Waals surface area contributed by atoms with Crippen molar-refractivity contribution >= 4 is 59.2 Å². The van der Waals surface area contributed by atoms with E-state index in [9.17, 15) is 48.3 Å². The maximum absolute atomic E-state index is 14.8. The molecule has 1 saturated heterocycles. The molecule has 2 aromatic rings. The van der Waals surface area contributed by atoms with Gasteiger partial charge >= 0.3 is 12.1 Å². The van der Waals surface area contributed by atoms with Crippen molar-refractivity contribution in [3.63, 3.8) is 0 Å². The number of methoxy groups -OCH3 is 2. The van der Waals surface area contributed by atoms with Gasteiger partial charge in [0.05, 0.1) is 102 Å². The number of nitrogens with zero attached hydrogens (tertiary/aromatic N) is 6. The zero-order valence-corrected chi connectivity index (χ0v) is 60.5. The van der Waals surface area contributed by atoms with E-state index in [1.807, 2.05) is 32.0 Å². The van der Waals surface area contributed by atoms with Gasteiger partial charge in [-0.15, -0.1) is 0 Å².